The maximum absolute atomic E-state index is 12.5. The van der Waals surface area contributed by atoms with Gasteiger partial charge in [0.05, 0.1) is 11.7 Å². The van der Waals surface area contributed by atoms with Crippen LogP contribution in [0.25, 0.3) is 0 Å². The normalized spacial score (nSPS) is 11.7. The molecule has 2 aromatic rings. The van der Waals surface area contributed by atoms with Crippen LogP contribution in [-0.2, 0) is 14.3 Å². The zero-order valence-corrected chi connectivity index (χ0v) is 17.5. The molecule has 0 bridgehead atoms. The minimum atomic E-state index is -1.11. The number of hydrogen-bond acceptors (Lipinski definition) is 6. The summed E-state index contributed by atoms with van der Waals surface area (Å²) in [7, 11) is 0. The Morgan fingerprint density at radius 1 is 0.967 bits per heavy atom. The molecule has 0 saturated heterocycles. The van der Waals surface area contributed by atoms with Crippen LogP contribution in [0.5, 0.6) is 0 Å². The van der Waals surface area contributed by atoms with Crippen molar-refractivity contribution in [1.82, 2.24) is 4.98 Å². The van der Waals surface area contributed by atoms with Crippen molar-refractivity contribution < 1.29 is 28.7 Å². The number of esters is 2. The van der Waals surface area contributed by atoms with Crippen molar-refractivity contribution >= 4 is 29.4 Å². The Morgan fingerprint density at radius 2 is 1.57 bits per heavy atom. The molecule has 9 heteroatoms. The number of ether oxygens (including phenoxy) is 2. The number of aromatic amines is 1. The average Bonchev–Trinajstić information content (AvgIpc) is 2.95. The second kappa shape index (κ2) is 9.25. The van der Waals surface area contributed by atoms with E-state index in [0.717, 1.165) is 0 Å². The highest BCUT2D eigenvalue weighted by molar-refractivity contribution is 6.01. The molecule has 0 fully saturated rings. The standard InChI is InChI=1S/C21H25N3O6/c1-10(2)29-20(27)16-11(3)17(23-12(16)4)21(28)30-13(5)19(26)24-15-8-6-14(7-9-15)18(22)25/h6-10,13,23H,1-5H3,(H2,22,25)(H,24,26)/t13-/m1/s1. The lowest BCUT2D eigenvalue weighted by atomic mass is 10.1. The van der Waals surface area contributed by atoms with Gasteiger partial charge in [0.1, 0.15) is 5.69 Å². The lowest BCUT2D eigenvalue weighted by molar-refractivity contribution is -0.123. The Hall–Kier alpha value is -3.62. The predicted octanol–water partition coefficient (Wildman–Crippen LogP) is 2.48. The smallest absolute Gasteiger partial charge is 0.355 e. The molecule has 0 spiro atoms. The van der Waals surface area contributed by atoms with Gasteiger partial charge in [0.2, 0.25) is 5.91 Å². The average molecular weight is 415 g/mol. The highest BCUT2D eigenvalue weighted by atomic mass is 16.6. The second-order valence-corrected chi connectivity index (χ2v) is 7.06. The molecule has 0 saturated carbocycles. The van der Waals surface area contributed by atoms with Gasteiger partial charge in [0, 0.05) is 16.9 Å². The Kier molecular flexibility index (Phi) is 6.99. The summed E-state index contributed by atoms with van der Waals surface area (Å²) in [6.45, 7) is 8.12. The van der Waals surface area contributed by atoms with E-state index in [1.54, 1.807) is 27.7 Å². The van der Waals surface area contributed by atoms with Gasteiger partial charge < -0.3 is 25.5 Å². The van der Waals surface area contributed by atoms with E-state index in [0.29, 0.717) is 22.5 Å². The number of H-pyrrole nitrogens is 1. The van der Waals surface area contributed by atoms with Gasteiger partial charge >= 0.3 is 11.9 Å². The van der Waals surface area contributed by atoms with E-state index in [2.05, 4.69) is 10.3 Å². The van der Waals surface area contributed by atoms with Gasteiger partial charge in [-0.1, -0.05) is 0 Å². The van der Waals surface area contributed by atoms with Gasteiger partial charge in [-0.2, -0.15) is 0 Å². The van der Waals surface area contributed by atoms with E-state index in [-0.39, 0.29) is 17.4 Å². The first-order valence-electron chi connectivity index (χ1n) is 9.33. The summed E-state index contributed by atoms with van der Waals surface area (Å²) in [5.41, 5.74) is 7.09. The molecule has 1 heterocycles. The fourth-order valence-corrected chi connectivity index (χ4v) is 2.77. The van der Waals surface area contributed by atoms with Crippen molar-refractivity contribution in [3.8, 4) is 0 Å². The number of nitrogens with two attached hydrogens (primary N) is 1. The predicted molar refractivity (Wildman–Crippen MR) is 109 cm³/mol. The molecule has 1 atom stereocenters. The van der Waals surface area contributed by atoms with E-state index >= 15 is 0 Å². The van der Waals surface area contributed by atoms with Crippen LogP contribution in [0.2, 0.25) is 0 Å². The van der Waals surface area contributed by atoms with Gasteiger partial charge in [0.25, 0.3) is 5.91 Å². The summed E-state index contributed by atoms with van der Waals surface area (Å²) in [5.74, 6) is -2.45. The number of nitrogens with one attached hydrogen (secondary N) is 2. The van der Waals surface area contributed by atoms with Crippen LogP contribution in [0.1, 0.15) is 63.2 Å². The molecule has 0 aliphatic heterocycles. The van der Waals surface area contributed by atoms with E-state index in [1.165, 1.54) is 31.2 Å². The summed E-state index contributed by atoms with van der Waals surface area (Å²) < 4.78 is 10.4. The van der Waals surface area contributed by atoms with E-state index < -0.39 is 29.9 Å². The van der Waals surface area contributed by atoms with E-state index in [1.807, 2.05) is 0 Å². The molecule has 2 amide bonds. The maximum atomic E-state index is 12.5. The first-order valence-corrected chi connectivity index (χ1v) is 9.33. The van der Waals surface area contributed by atoms with Crippen LogP contribution in [0.4, 0.5) is 5.69 Å². The molecular weight excluding hydrogens is 390 g/mol. The largest absolute Gasteiger partial charge is 0.459 e. The fraction of sp³-hybridized carbons (Fsp3) is 0.333. The fourth-order valence-electron chi connectivity index (χ4n) is 2.77. The van der Waals surface area contributed by atoms with Crippen molar-refractivity contribution in [2.75, 3.05) is 5.32 Å². The number of anilines is 1. The lowest BCUT2D eigenvalue weighted by Crippen LogP contribution is -2.30. The summed E-state index contributed by atoms with van der Waals surface area (Å²) in [4.78, 5) is 51.0. The third-order valence-corrected chi connectivity index (χ3v) is 4.28. The molecule has 0 aliphatic rings. The number of carbonyl (C=O) groups is 4. The van der Waals surface area contributed by atoms with Gasteiger partial charge in [0.15, 0.2) is 6.10 Å². The number of aromatic nitrogens is 1. The molecule has 1 aromatic heterocycles. The first-order chi connectivity index (χ1) is 14.0. The zero-order valence-electron chi connectivity index (χ0n) is 17.5. The van der Waals surface area contributed by atoms with Gasteiger partial charge in [-0.15, -0.1) is 0 Å². The number of hydrogen-bond donors (Lipinski definition) is 3. The van der Waals surface area contributed by atoms with Gasteiger partial charge in [-0.25, -0.2) is 9.59 Å². The summed E-state index contributed by atoms with van der Waals surface area (Å²) in [5, 5.41) is 2.58. The Balaban J connectivity index is 2.07. The molecule has 0 unspecified atom stereocenters. The van der Waals surface area contributed by atoms with Gasteiger partial charge in [-0.3, -0.25) is 9.59 Å². The highest BCUT2D eigenvalue weighted by Gasteiger charge is 2.27. The van der Waals surface area contributed by atoms with Crippen LogP contribution in [0, 0.1) is 13.8 Å². The molecular formula is C21H25N3O6. The van der Waals surface area contributed by atoms with Crippen molar-refractivity contribution in [1.29, 1.82) is 0 Å². The zero-order chi connectivity index (χ0) is 22.6. The molecule has 2 rings (SSSR count). The number of carbonyl (C=O) groups excluding carboxylic acids is 4. The van der Waals surface area contributed by atoms with Crippen LogP contribution in [-0.4, -0.2) is 40.9 Å². The van der Waals surface area contributed by atoms with Crippen LogP contribution in [0.3, 0.4) is 0 Å². The SMILES string of the molecule is Cc1[nH]c(C(=O)O[C@H](C)C(=O)Nc2ccc(C(N)=O)cc2)c(C)c1C(=O)OC(C)C. The van der Waals surface area contributed by atoms with Crippen LogP contribution in [0.15, 0.2) is 24.3 Å². The molecule has 1 aromatic carbocycles. The number of rotatable bonds is 7. The van der Waals surface area contributed by atoms with Crippen LogP contribution < -0.4 is 11.1 Å². The monoisotopic (exact) mass is 415 g/mol. The number of amides is 2. The third kappa shape index (κ3) is 5.25. The summed E-state index contributed by atoms with van der Waals surface area (Å²) >= 11 is 0. The topological polar surface area (TPSA) is 141 Å². The minimum absolute atomic E-state index is 0.0775. The molecule has 30 heavy (non-hydrogen) atoms. The molecule has 0 aliphatic carbocycles. The summed E-state index contributed by atoms with van der Waals surface area (Å²) in [6, 6.07) is 5.96. The van der Waals surface area contributed by atoms with Crippen LogP contribution >= 0.6 is 0 Å². The number of benzene rings is 1. The highest BCUT2D eigenvalue weighted by Crippen LogP contribution is 2.21. The van der Waals surface area contributed by atoms with Crippen molar-refractivity contribution in [2.45, 2.75) is 46.8 Å². The van der Waals surface area contributed by atoms with Crippen molar-refractivity contribution in [3.63, 3.8) is 0 Å². The maximum Gasteiger partial charge on any atom is 0.355 e. The third-order valence-electron chi connectivity index (χ3n) is 4.28. The van der Waals surface area contributed by atoms with E-state index in [9.17, 15) is 19.2 Å². The van der Waals surface area contributed by atoms with Crippen molar-refractivity contribution in [3.05, 3.63) is 52.3 Å². The quantitative estimate of drug-likeness (QED) is 0.593. The summed E-state index contributed by atoms with van der Waals surface area (Å²) in [6.07, 6.45) is -1.41. The van der Waals surface area contributed by atoms with Crippen molar-refractivity contribution in [2.24, 2.45) is 5.73 Å². The number of aryl methyl sites for hydroxylation is 1. The second-order valence-electron chi connectivity index (χ2n) is 7.06. The first kappa shape index (κ1) is 22.7. The molecule has 9 nitrogen and oxygen atoms in total. The molecule has 4 N–H and O–H groups in total. The Morgan fingerprint density at radius 3 is 2.10 bits per heavy atom. The van der Waals surface area contributed by atoms with Gasteiger partial charge in [-0.05, 0) is 64.4 Å². The van der Waals surface area contributed by atoms with E-state index in [4.69, 9.17) is 15.2 Å². The minimum Gasteiger partial charge on any atom is -0.459 e. The number of primary amides is 1. The lowest BCUT2D eigenvalue weighted by Gasteiger charge is -2.13. The molecule has 160 valence electrons. The molecule has 0 radical (unpaired) electrons. The Bertz CT molecular complexity index is 975. The Labute approximate surface area is 173 Å².